The molecular weight excluding hydrogens is 364 g/mol. The molecule has 29 heavy (non-hydrogen) atoms. The molecule has 0 fully saturated rings. The number of fused-ring (bicyclic) bond motifs is 1. The molecule has 0 aliphatic heterocycles. The molecule has 0 saturated heterocycles. The number of hydrogen-bond donors (Lipinski definition) is 1. The van der Waals surface area contributed by atoms with Crippen LogP contribution in [0.4, 0.5) is 0 Å². The quantitative estimate of drug-likeness (QED) is 0.526. The van der Waals surface area contributed by atoms with Gasteiger partial charge in [0.15, 0.2) is 0 Å². The number of benzene rings is 1. The second kappa shape index (κ2) is 10.2. The van der Waals surface area contributed by atoms with E-state index < -0.39 is 0 Å². The summed E-state index contributed by atoms with van der Waals surface area (Å²) in [6.45, 7) is 8.20. The van der Waals surface area contributed by atoms with Crippen LogP contribution in [-0.2, 0) is 0 Å². The average molecular weight is 395 g/mol. The normalized spacial score (nSPS) is 12.2. The summed E-state index contributed by atoms with van der Waals surface area (Å²) in [4.78, 5) is 21.5. The van der Waals surface area contributed by atoms with Crippen LogP contribution < -0.4 is 15.6 Å². The van der Waals surface area contributed by atoms with Gasteiger partial charge in [-0.15, -0.1) is 0 Å². The maximum Gasteiger partial charge on any atom is 0.267 e. The molecule has 0 saturated carbocycles. The number of nitrogens with zero attached hydrogens (tertiary/aromatic N) is 3. The van der Waals surface area contributed by atoms with Crippen LogP contribution in [0.25, 0.3) is 16.6 Å². The Hall–Kier alpha value is -2.73. The van der Waals surface area contributed by atoms with E-state index in [1.807, 2.05) is 31.2 Å². The Morgan fingerprint density at radius 3 is 2.66 bits per heavy atom. The molecule has 1 atom stereocenters. The first kappa shape index (κ1) is 21.0. The van der Waals surface area contributed by atoms with Crippen molar-refractivity contribution in [1.82, 2.24) is 19.9 Å². The van der Waals surface area contributed by atoms with E-state index in [-0.39, 0.29) is 11.7 Å². The highest BCUT2D eigenvalue weighted by molar-refractivity contribution is 5.76. The summed E-state index contributed by atoms with van der Waals surface area (Å²) in [7, 11) is 0. The third kappa shape index (κ3) is 5.21. The van der Waals surface area contributed by atoms with Gasteiger partial charge in [0.1, 0.15) is 11.6 Å². The topological polar surface area (TPSA) is 69.0 Å². The van der Waals surface area contributed by atoms with Crippen LogP contribution in [0.1, 0.15) is 45.4 Å². The fourth-order valence-corrected chi connectivity index (χ4v) is 3.35. The molecule has 6 nitrogen and oxygen atoms in total. The zero-order valence-electron chi connectivity index (χ0n) is 17.5. The molecule has 0 amide bonds. The maximum atomic E-state index is 12.9. The van der Waals surface area contributed by atoms with Crippen LogP contribution in [0.2, 0.25) is 0 Å². The summed E-state index contributed by atoms with van der Waals surface area (Å²) in [5.41, 5.74) is 1.32. The van der Waals surface area contributed by atoms with Crippen molar-refractivity contribution in [1.29, 1.82) is 0 Å². The van der Waals surface area contributed by atoms with Crippen molar-refractivity contribution in [2.75, 3.05) is 13.1 Å². The van der Waals surface area contributed by atoms with Gasteiger partial charge in [0.25, 0.3) is 5.56 Å². The Morgan fingerprint density at radius 2 is 1.93 bits per heavy atom. The van der Waals surface area contributed by atoms with E-state index in [1.165, 1.54) is 12.8 Å². The first-order valence-corrected chi connectivity index (χ1v) is 10.4. The van der Waals surface area contributed by atoms with Crippen LogP contribution >= 0.6 is 0 Å². The molecule has 3 rings (SSSR count). The molecular formula is C23H30N4O2. The number of aryl methyl sites for hydroxylation is 1. The number of rotatable bonds is 10. The van der Waals surface area contributed by atoms with Gasteiger partial charge in [0, 0.05) is 12.4 Å². The summed E-state index contributed by atoms with van der Waals surface area (Å²) >= 11 is 0. The average Bonchev–Trinajstić information content (AvgIpc) is 2.74. The zero-order chi connectivity index (χ0) is 20.6. The lowest BCUT2D eigenvalue weighted by Gasteiger charge is -2.18. The molecule has 154 valence electrons. The molecule has 0 spiro atoms. The molecule has 6 heteroatoms. The van der Waals surface area contributed by atoms with E-state index in [2.05, 4.69) is 29.1 Å². The Balaban J connectivity index is 1.72. The standard InChI is InChI=1S/C23H30N4O2/c1-4-6-13-24-14-11-19(5-2)29-20-9-7-18(8-10-20)27-17(3)26-22-12-15-25-16-21(22)23(27)28/h7-10,12,15-16,19,24H,4-6,11,13-14H2,1-3H3. The summed E-state index contributed by atoms with van der Waals surface area (Å²) in [6.07, 6.45) is 7.73. The van der Waals surface area contributed by atoms with Crippen molar-refractivity contribution in [2.24, 2.45) is 0 Å². The van der Waals surface area contributed by atoms with Crippen molar-refractivity contribution in [2.45, 2.75) is 52.6 Å². The second-order valence-corrected chi connectivity index (χ2v) is 7.23. The van der Waals surface area contributed by atoms with Gasteiger partial charge in [-0.2, -0.15) is 0 Å². The summed E-state index contributed by atoms with van der Waals surface area (Å²) < 4.78 is 7.75. The Labute approximate surface area is 172 Å². The van der Waals surface area contributed by atoms with Gasteiger partial charge in [-0.1, -0.05) is 20.3 Å². The van der Waals surface area contributed by atoms with Crippen LogP contribution in [0.5, 0.6) is 5.75 Å². The van der Waals surface area contributed by atoms with E-state index in [0.29, 0.717) is 16.7 Å². The lowest BCUT2D eigenvalue weighted by molar-refractivity contribution is 0.186. The van der Waals surface area contributed by atoms with Crippen molar-refractivity contribution in [3.63, 3.8) is 0 Å². The maximum absolute atomic E-state index is 12.9. The highest BCUT2D eigenvalue weighted by Gasteiger charge is 2.11. The molecule has 1 unspecified atom stereocenters. The first-order valence-electron chi connectivity index (χ1n) is 10.4. The summed E-state index contributed by atoms with van der Waals surface area (Å²) in [5, 5.41) is 3.98. The molecule has 0 aliphatic carbocycles. The largest absolute Gasteiger partial charge is 0.490 e. The fraction of sp³-hybridized carbons (Fsp3) is 0.435. The van der Waals surface area contributed by atoms with Gasteiger partial charge in [0.2, 0.25) is 0 Å². The molecule has 2 aromatic heterocycles. The highest BCUT2D eigenvalue weighted by atomic mass is 16.5. The van der Waals surface area contributed by atoms with Gasteiger partial charge < -0.3 is 10.1 Å². The fourth-order valence-electron chi connectivity index (χ4n) is 3.35. The lowest BCUT2D eigenvalue weighted by Crippen LogP contribution is -2.24. The van der Waals surface area contributed by atoms with E-state index in [4.69, 9.17) is 4.74 Å². The van der Waals surface area contributed by atoms with Gasteiger partial charge in [-0.3, -0.25) is 14.3 Å². The second-order valence-electron chi connectivity index (χ2n) is 7.23. The molecule has 0 aliphatic rings. The molecule has 1 N–H and O–H groups in total. The van der Waals surface area contributed by atoms with E-state index in [9.17, 15) is 4.79 Å². The van der Waals surface area contributed by atoms with E-state index >= 15 is 0 Å². The van der Waals surface area contributed by atoms with Crippen LogP contribution in [0.3, 0.4) is 0 Å². The van der Waals surface area contributed by atoms with Gasteiger partial charge >= 0.3 is 0 Å². The van der Waals surface area contributed by atoms with Crippen molar-refractivity contribution < 1.29 is 4.74 Å². The van der Waals surface area contributed by atoms with Crippen molar-refractivity contribution in [3.8, 4) is 11.4 Å². The predicted octanol–water partition coefficient (Wildman–Crippen LogP) is 4.03. The monoisotopic (exact) mass is 394 g/mol. The number of unbranched alkanes of at least 4 members (excludes halogenated alkanes) is 1. The number of nitrogens with one attached hydrogen (secondary N) is 1. The van der Waals surface area contributed by atoms with E-state index in [0.717, 1.165) is 37.4 Å². The van der Waals surface area contributed by atoms with Crippen molar-refractivity contribution >= 4 is 10.9 Å². The smallest absolute Gasteiger partial charge is 0.267 e. The zero-order valence-corrected chi connectivity index (χ0v) is 17.5. The molecule has 0 bridgehead atoms. The van der Waals surface area contributed by atoms with Gasteiger partial charge in [0.05, 0.1) is 22.7 Å². The SMILES string of the molecule is CCCCNCCC(CC)Oc1ccc(-n2c(C)nc3ccncc3c2=O)cc1. The molecule has 3 aromatic rings. The predicted molar refractivity (Wildman–Crippen MR) is 117 cm³/mol. The third-order valence-electron chi connectivity index (χ3n) is 5.04. The van der Waals surface area contributed by atoms with Crippen LogP contribution in [0.15, 0.2) is 47.5 Å². The van der Waals surface area contributed by atoms with Crippen molar-refractivity contribution in [3.05, 3.63) is 58.9 Å². The first-order chi connectivity index (χ1) is 14.1. The Kier molecular flexibility index (Phi) is 7.36. The Bertz CT molecular complexity index is 982. The Morgan fingerprint density at radius 1 is 1.14 bits per heavy atom. The number of ether oxygens (including phenoxy) is 1. The summed E-state index contributed by atoms with van der Waals surface area (Å²) in [5.74, 6) is 1.46. The van der Waals surface area contributed by atoms with Crippen LogP contribution in [-0.4, -0.2) is 33.7 Å². The van der Waals surface area contributed by atoms with Crippen LogP contribution in [0, 0.1) is 6.92 Å². The minimum atomic E-state index is -0.112. The number of pyridine rings is 1. The highest BCUT2D eigenvalue weighted by Crippen LogP contribution is 2.19. The minimum Gasteiger partial charge on any atom is -0.490 e. The van der Waals surface area contributed by atoms with E-state index in [1.54, 1.807) is 23.0 Å². The third-order valence-corrected chi connectivity index (χ3v) is 5.04. The molecule has 0 radical (unpaired) electrons. The molecule has 1 aromatic carbocycles. The minimum absolute atomic E-state index is 0.112. The van der Waals surface area contributed by atoms with Gasteiger partial charge in [-0.05, 0) is 69.6 Å². The number of hydrogen-bond acceptors (Lipinski definition) is 5. The van der Waals surface area contributed by atoms with Gasteiger partial charge in [-0.25, -0.2) is 4.98 Å². The lowest BCUT2D eigenvalue weighted by atomic mass is 10.2. The molecule has 2 heterocycles. The number of aromatic nitrogens is 3. The summed E-state index contributed by atoms with van der Waals surface area (Å²) in [6, 6.07) is 9.40.